The summed E-state index contributed by atoms with van der Waals surface area (Å²) in [5, 5.41) is 0. The van der Waals surface area contributed by atoms with Crippen LogP contribution in [-0.4, -0.2) is 49.6 Å². The molecule has 1 heterocycles. The van der Waals surface area contributed by atoms with Crippen LogP contribution >= 0.6 is 0 Å². The Kier molecular flexibility index (Phi) is 5.07. The van der Waals surface area contributed by atoms with Crippen molar-refractivity contribution in [1.82, 2.24) is 9.80 Å². The Labute approximate surface area is 119 Å². The molecule has 1 aliphatic heterocycles. The molecule has 0 bridgehead atoms. The van der Waals surface area contributed by atoms with Crippen LogP contribution < -0.4 is 5.73 Å². The highest BCUT2D eigenvalue weighted by atomic mass is 19.2. The van der Waals surface area contributed by atoms with E-state index in [0.29, 0.717) is 18.2 Å². The van der Waals surface area contributed by atoms with Crippen LogP contribution in [0.3, 0.4) is 0 Å². The average molecular weight is 283 g/mol. The van der Waals surface area contributed by atoms with Gasteiger partial charge in [0.25, 0.3) is 0 Å². The number of hydrogen-bond donors (Lipinski definition) is 1. The number of likely N-dealkylation sites (tertiary alicyclic amines) is 1. The van der Waals surface area contributed by atoms with Crippen LogP contribution in [0.4, 0.5) is 8.78 Å². The Balaban J connectivity index is 1.96. The van der Waals surface area contributed by atoms with E-state index in [0.717, 1.165) is 25.6 Å². The molecule has 1 aliphatic rings. The molecule has 2 unspecified atom stereocenters. The van der Waals surface area contributed by atoms with Gasteiger partial charge in [-0.3, -0.25) is 4.90 Å². The minimum Gasteiger partial charge on any atom is -0.323 e. The smallest absolute Gasteiger partial charge is 0.159 e. The van der Waals surface area contributed by atoms with Crippen LogP contribution in [0.5, 0.6) is 0 Å². The summed E-state index contributed by atoms with van der Waals surface area (Å²) in [5.41, 5.74) is 6.77. The van der Waals surface area contributed by atoms with Gasteiger partial charge in [0.1, 0.15) is 0 Å². The summed E-state index contributed by atoms with van der Waals surface area (Å²) >= 11 is 0. The number of nitrogens with two attached hydrogens (primary N) is 1. The number of rotatable bonds is 4. The highest BCUT2D eigenvalue weighted by molar-refractivity contribution is 5.21. The summed E-state index contributed by atoms with van der Waals surface area (Å²) in [4.78, 5) is 4.54. The lowest BCUT2D eigenvalue weighted by Gasteiger charge is -2.37. The van der Waals surface area contributed by atoms with E-state index in [9.17, 15) is 8.78 Å². The minimum atomic E-state index is -0.831. The lowest BCUT2D eigenvalue weighted by atomic mass is 10.0. The fourth-order valence-electron chi connectivity index (χ4n) is 2.75. The van der Waals surface area contributed by atoms with E-state index in [1.807, 2.05) is 0 Å². The number of benzene rings is 1. The van der Waals surface area contributed by atoms with Crippen molar-refractivity contribution in [3.05, 3.63) is 35.4 Å². The Morgan fingerprint density at radius 3 is 2.75 bits per heavy atom. The van der Waals surface area contributed by atoms with E-state index in [4.69, 9.17) is 5.73 Å². The highest BCUT2D eigenvalue weighted by Crippen LogP contribution is 2.19. The molecular formula is C15H23F2N3. The van der Waals surface area contributed by atoms with Gasteiger partial charge in [0, 0.05) is 25.2 Å². The minimum absolute atomic E-state index is 0.286. The van der Waals surface area contributed by atoms with Gasteiger partial charge in [-0.15, -0.1) is 0 Å². The van der Waals surface area contributed by atoms with E-state index in [1.54, 1.807) is 6.07 Å². The molecule has 0 amide bonds. The van der Waals surface area contributed by atoms with Gasteiger partial charge in [-0.25, -0.2) is 8.78 Å². The molecule has 0 saturated carbocycles. The van der Waals surface area contributed by atoms with Crippen molar-refractivity contribution < 1.29 is 8.78 Å². The van der Waals surface area contributed by atoms with Crippen molar-refractivity contribution in [2.75, 3.05) is 33.7 Å². The number of piperidine rings is 1. The number of nitrogens with zero attached hydrogens (tertiary/aromatic N) is 2. The van der Waals surface area contributed by atoms with Crippen molar-refractivity contribution in [3.8, 4) is 0 Å². The maximum absolute atomic E-state index is 13.2. The zero-order chi connectivity index (χ0) is 14.7. The van der Waals surface area contributed by atoms with Gasteiger partial charge >= 0.3 is 0 Å². The Bertz CT molecular complexity index is 451. The van der Waals surface area contributed by atoms with Gasteiger partial charge in [-0.1, -0.05) is 6.07 Å². The first kappa shape index (κ1) is 15.4. The molecule has 1 aromatic carbocycles. The van der Waals surface area contributed by atoms with Crippen LogP contribution in [0, 0.1) is 11.6 Å². The first-order chi connectivity index (χ1) is 9.47. The van der Waals surface area contributed by atoms with Crippen LogP contribution in [0.15, 0.2) is 18.2 Å². The third-order valence-electron chi connectivity index (χ3n) is 4.04. The fourth-order valence-corrected chi connectivity index (χ4v) is 2.75. The molecule has 112 valence electrons. The third-order valence-corrected chi connectivity index (χ3v) is 4.04. The van der Waals surface area contributed by atoms with E-state index >= 15 is 0 Å². The van der Waals surface area contributed by atoms with E-state index in [-0.39, 0.29) is 6.04 Å². The van der Waals surface area contributed by atoms with Crippen molar-refractivity contribution in [1.29, 1.82) is 0 Å². The Hall–Kier alpha value is -1.04. The topological polar surface area (TPSA) is 32.5 Å². The first-order valence-corrected chi connectivity index (χ1v) is 7.06. The molecule has 0 spiro atoms. The molecule has 3 nitrogen and oxygen atoms in total. The van der Waals surface area contributed by atoms with Gasteiger partial charge < -0.3 is 10.6 Å². The maximum Gasteiger partial charge on any atom is 0.159 e. The lowest BCUT2D eigenvalue weighted by molar-refractivity contribution is 0.128. The van der Waals surface area contributed by atoms with Crippen molar-refractivity contribution in [3.63, 3.8) is 0 Å². The predicted molar refractivity (Wildman–Crippen MR) is 76.4 cm³/mol. The van der Waals surface area contributed by atoms with Crippen LogP contribution in [-0.2, 0) is 0 Å². The van der Waals surface area contributed by atoms with Crippen molar-refractivity contribution in [2.24, 2.45) is 5.73 Å². The molecule has 20 heavy (non-hydrogen) atoms. The quantitative estimate of drug-likeness (QED) is 0.917. The van der Waals surface area contributed by atoms with Crippen LogP contribution in [0.25, 0.3) is 0 Å². The molecule has 5 heteroatoms. The summed E-state index contributed by atoms with van der Waals surface area (Å²) in [7, 11) is 4.17. The Morgan fingerprint density at radius 2 is 2.10 bits per heavy atom. The highest BCUT2D eigenvalue weighted by Gasteiger charge is 2.23. The van der Waals surface area contributed by atoms with Gasteiger partial charge in [0.05, 0.1) is 0 Å². The SMILES string of the molecule is CN(C)C1CCCN(CC(N)c2ccc(F)c(F)c2)C1. The van der Waals surface area contributed by atoms with E-state index in [2.05, 4.69) is 23.9 Å². The Morgan fingerprint density at radius 1 is 1.35 bits per heavy atom. The summed E-state index contributed by atoms with van der Waals surface area (Å²) < 4.78 is 26.2. The maximum atomic E-state index is 13.2. The number of likely N-dealkylation sites (N-methyl/N-ethyl adjacent to an activating group) is 1. The molecule has 0 radical (unpaired) electrons. The molecule has 1 aromatic rings. The third kappa shape index (κ3) is 3.75. The predicted octanol–water partition coefficient (Wildman–Crippen LogP) is 1.99. The fraction of sp³-hybridized carbons (Fsp3) is 0.600. The zero-order valence-corrected chi connectivity index (χ0v) is 12.1. The van der Waals surface area contributed by atoms with Gasteiger partial charge in [0.15, 0.2) is 11.6 Å². The zero-order valence-electron chi connectivity index (χ0n) is 12.1. The molecule has 1 fully saturated rings. The summed E-state index contributed by atoms with van der Waals surface area (Å²) in [5.74, 6) is -1.66. The van der Waals surface area contributed by atoms with Gasteiger partial charge in [-0.05, 0) is 51.2 Å². The summed E-state index contributed by atoms with van der Waals surface area (Å²) in [6, 6.07) is 4.17. The molecule has 2 atom stereocenters. The lowest BCUT2D eigenvalue weighted by Crippen LogP contribution is -2.47. The second-order valence-electron chi connectivity index (χ2n) is 5.80. The monoisotopic (exact) mass is 283 g/mol. The molecule has 2 N–H and O–H groups in total. The summed E-state index contributed by atoms with van der Waals surface area (Å²) in [6.07, 6.45) is 2.34. The van der Waals surface area contributed by atoms with E-state index in [1.165, 1.54) is 12.5 Å². The van der Waals surface area contributed by atoms with Crippen LogP contribution in [0.1, 0.15) is 24.4 Å². The number of halogens is 2. The first-order valence-electron chi connectivity index (χ1n) is 7.06. The van der Waals surface area contributed by atoms with E-state index < -0.39 is 11.6 Å². The van der Waals surface area contributed by atoms with Crippen molar-refractivity contribution in [2.45, 2.75) is 24.9 Å². The molecule has 0 aromatic heterocycles. The molecule has 0 aliphatic carbocycles. The normalized spacial score (nSPS) is 22.2. The van der Waals surface area contributed by atoms with Crippen molar-refractivity contribution >= 4 is 0 Å². The summed E-state index contributed by atoms with van der Waals surface area (Å²) in [6.45, 7) is 2.67. The number of hydrogen-bond acceptors (Lipinski definition) is 3. The molecular weight excluding hydrogens is 260 g/mol. The molecule has 2 rings (SSSR count). The molecule has 1 saturated heterocycles. The van der Waals surface area contributed by atoms with Gasteiger partial charge in [-0.2, -0.15) is 0 Å². The second kappa shape index (κ2) is 6.61. The second-order valence-corrected chi connectivity index (χ2v) is 5.80. The average Bonchev–Trinajstić information content (AvgIpc) is 2.42. The largest absolute Gasteiger partial charge is 0.323 e. The van der Waals surface area contributed by atoms with Gasteiger partial charge in [0.2, 0.25) is 0 Å². The standard InChI is InChI=1S/C15H23F2N3/c1-19(2)12-4-3-7-20(9-12)10-15(18)11-5-6-13(16)14(17)8-11/h5-6,8,12,15H,3-4,7,9-10,18H2,1-2H3. The van der Waals surface area contributed by atoms with Crippen LogP contribution in [0.2, 0.25) is 0 Å².